The third kappa shape index (κ3) is 4.59. The van der Waals surface area contributed by atoms with E-state index in [2.05, 4.69) is 35.9 Å². The molecule has 2 saturated carbocycles. The highest BCUT2D eigenvalue weighted by Crippen LogP contribution is 2.38. The topological polar surface area (TPSA) is 57.5 Å². The summed E-state index contributed by atoms with van der Waals surface area (Å²) in [5.74, 6) is 3.67. The fourth-order valence-electron chi connectivity index (χ4n) is 7.12. The van der Waals surface area contributed by atoms with Crippen LogP contribution in [-0.2, 0) is 12.8 Å². The third-order valence-electron chi connectivity index (χ3n) is 9.06. The van der Waals surface area contributed by atoms with Gasteiger partial charge in [-0.2, -0.15) is 0 Å². The molecule has 0 saturated heterocycles. The maximum atomic E-state index is 10.2. The number of aliphatic hydroxyl groups excluding tert-OH is 1. The summed E-state index contributed by atoms with van der Waals surface area (Å²) in [6.07, 6.45) is 15.7. The van der Waals surface area contributed by atoms with Crippen molar-refractivity contribution in [3.63, 3.8) is 0 Å². The standard InChI is InChI=1S/C28H41N3O/c1-3-19-4-6-23-22(17-31-26(23)16-19)11-12-29-25-8-5-20(14-18(25)2)15-21-10-13-30-28-24(21)7-9-27(28)32/h3,10,13,18-20,22-23,25,27,29,32H,1,4-9,11-12,14-17H2,2H3. The summed E-state index contributed by atoms with van der Waals surface area (Å²) in [6, 6.07) is 2.86. The lowest BCUT2D eigenvalue weighted by atomic mass is 9.75. The number of aliphatic hydroxyl groups is 1. The number of aliphatic imine (C=N–C) groups is 1. The highest BCUT2D eigenvalue weighted by Gasteiger charge is 2.35. The van der Waals surface area contributed by atoms with E-state index in [1.54, 1.807) is 0 Å². The van der Waals surface area contributed by atoms with E-state index < -0.39 is 0 Å². The van der Waals surface area contributed by atoms with Crippen LogP contribution in [-0.4, -0.2) is 34.9 Å². The van der Waals surface area contributed by atoms with Crippen molar-refractivity contribution in [2.24, 2.45) is 34.6 Å². The van der Waals surface area contributed by atoms with Crippen molar-refractivity contribution in [2.75, 3.05) is 13.1 Å². The Morgan fingerprint density at radius 1 is 1.22 bits per heavy atom. The van der Waals surface area contributed by atoms with Gasteiger partial charge in [0.15, 0.2) is 0 Å². The van der Waals surface area contributed by atoms with E-state index in [1.807, 2.05) is 6.20 Å². The van der Waals surface area contributed by atoms with E-state index >= 15 is 0 Å². The molecule has 2 fully saturated rings. The van der Waals surface area contributed by atoms with Crippen LogP contribution in [0.15, 0.2) is 29.9 Å². The molecule has 32 heavy (non-hydrogen) atoms. The Kier molecular flexibility index (Phi) is 6.80. The molecule has 2 N–H and O–H groups in total. The Morgan fingerprint density at radius 3 is 2.97 bits per heavy atom. The molecule has 4 heteroatoms. The zero-order chi connectivity index (χ0) is 22.1. The van der Waals surface area contributed by atoms with Crippen LogP contribution in [0.4, 0.5) is 0 Å². The minimum Gasteiger partial charge on any atom is -0.387 e. The van der Waals surface area contributed by atoms with Crippen LogP contribution in [0.1, 0.15) is 81.2 Å². The van der Waals surface area contributed by atoms with E-state index in [1.165, 1.54) is 61.8 Å². The molecule has 0 radical (unpaired) electrons. The molecule has 4 nitrogen and oxygen atoms in total. The summed E-state index contributed by atoms with van der Waals surface area (Å²) >= 11 is 0. The smallest absolute Gasteiger partial charge is 0.0965 e. The van der Waals surface area contributed by atoms with Crippen LogP contribution >= 0.6 is 0 Å². The van der Waals surface area contributed by atoms with Gasteiger partial charge in [-0.1, -0.05) is 13.0 Å². The third-order valence-corrected chi connectivity index (χ3v) is 9.06. The fraction of sp³-hybridized carbons (Fsp3) is 0.714. The molecule has 2 heterocycles. The van der Waals surface area contributed by atoms with Crippen molar-refractivity contribution < 1.29 is 5.11 Å². The predicted octanol–water partition coefficient (Wildman–Crippen LogP) is 5.06. The predicted molar refractivity (Wildman–Crippen MR) is 131 cm³/mol. The number of fused-ring (bicyclic) bond motifs is 2. The first-order valence-corrected chi connectivity index (χ1v) is 13.2. The van der Waals surface area contributed by atoms with Gasteiger partial charge < -0.3 is 10.4 Å². The van der Waals surface area contributed by atoms with Crippen molar-refractivity contribution in [1.82, 2.24) is 10.3 Å². The molecule has 0 aromatic carbocycles. The molecule has 1 aliphatic heterocycles. The average Bonchev–Trinajstić information content (AvgIpc) is 3.39. The first kappa shape index (κ1) is 22.3. The number of hydrogen-bond acceptors (Lipinski definition) is 4. The molecule has 4 aliphatic rings. The van der Waals surface area contributed by atoms with Gasteiger partial charge in [-0.15, -0.1) is 6.58 Å². The maximum absolute atomic E-state index is 10.2. The lowest BCUT2D eigenvalue weighted by Gasteiger charge is -2.36. The molecule has 1 aromatic rings. The Bertz CT molecular complexity index is 849. The number of rotatable bonds is 7. The summed E-state index contributed by atoms with van der Waals surface area (Å²) in [7, 11) is 0. The second kappa shape index (κ2) is 9.77. The lowest BCUT2D eigenvalue weighted by molar-refractivity contribution is 0.176. The van der Waals surface area contributed by atoms with Crippen molar-refractivity contribution in [2.45, 2.75) is 83.3 Å². The minimum atomic E-state index is -0.345. The fourth-order valence-corrected chi connectivity index (χ4v) is 7.12. The van der Waals surface area contributed by atoms with Gasteiger partial charge in [0, 0.05) is 30.4 Å². The van der Waals surface area contributed by atoms with Gasteiger partial charge in [0.2, 0.25) is 0 Å². The normalized spacial score (nSPS) is 36.4. The van der Waals surface area contributed by atoms with Crippen LogP contribution in [0.25, 0.3) is 0 Å². The van der Waals surface area contributed by atoms with Crippen molar-refractivity contribution >= 4 is 5.71 Å². The van der Waals surface area contributed by atoms with Gasteiger partial charge in [0.25, 0.3) is 0 Å². The molecule has 7 unspecified atom stereocenters. The Balaban J connectivity index is 1.07. The van der Waals surface area contributed by atoms with Gasteiger partial charge in [0.05, 0.1) is 11.8 Å². The average molecular weight is 436 g/mol. The highest BCUT2D eigenvalue weighted by atomic mass is 16.3. The summed E-state index contributed by atoms with van der Waals surface area (Å²) in [5.41, 5.74) is 5.23. The van der Waals surface area contributed by atoms with Crippen LogP contribution in [0.5, 0.6) is 0 Å². The molecule has 0 amide bonds. The number of nitrogens with zero attached hydrogens (tertiary/aromatic N) is 2. The van der Waals surface area contributed by atoms with Crippen LogP contribution < -0.4 is 5.32 Å². The first-order valence-electron chi connectivity index (χ1n) is 13.2. The van der Waals surface area contributed by atoms with Gasteiger partial charge in [-0.3, -0.25) is 9.98 Å². The number of aromatic nitrogens is 1. The number of pyridine rings is 1. The molecular weight excluding hydrogens is 394 g/mol. The van der Waals surface area contributed by atoms with E-state index in [0.29, 0.717) is 12.0 Å². The second-order valence-corrected chi connectivity index (χ2v) is 11.1. The van der Waals surface area contributed by atoms with E-state index in [9.17, 15) is 5.11 Å². The number of allylic oxidation sites excluding steroid dienone is 1. The largest absolute Gasteiger partial charge is 0.387 e. The van der Waals surface area contributed by atoms with E-state index in [0.717, 1.165) is 61.7 Å². The van der Waals surface area contributed by atoms with Gasteiger partial charge in [-0.25, -0.2) is 0 Å². The minimum absolute atomic E-state index is 0.345. The van der Waals surface area contributed by atoms with Crippen LogP contribution in [0.3, 0.4) is 0 Å². The monoisotopic (exact) mass is 435 g/mol. The van der Waals surface area contributed by atoms with Crippen LogP contribution in [0.2, 0.25) is 0 Å². The molecule has 3 aliphatic carbocycles. The molecule has 0 bridgehead atoms. The molecule has 5 rings (SSSR count). The second-order valence-electron chi connectivity index (χ2n) is 11.1. The SMILES string of the molecule is C=CC1CCC2C(=NCC2CCNC2CCC(Cc3ccnc4c3CCC4O)CC2C)C1. The number of hydrogen-bond donors (Lipinski definition) is 2. The molecule has 0 spiro atoms. The molecule has 1 aromatic heterocycles. The Hall–Kier alpha value is -1.52. The summed E-state index contributed by atoms with van der Waals surface area (Å²) < 4.78 is 0. The zero-order valence-electron chi connectivity index (χ0n) is 19.8. The lowest BCUT2D eigenvalue weighted by Crippen LogP contribution is -2.41. The summed E-state index contributed by atoms with van der Waals surface area (Å²) in [6.45, 7) is 8.63. The summed E-state index contributed by atoms with van der Waals surface area (Å²) in [5, 5.41) is 14.1. The zero-order valence-corrected chi connectivity index (χ0v) is 19.8. The molecule has 174 valence electrons. The van der Waals surface area contributed by atoms with Crippen molar-refractivity contribution in [3.05, 3.63) is 41.7 Å². The number of nitrogens with one attached hydrogen (secondary N) is 1. The maximum Gasteiger partial charge on any atom is 0.0965 e. The quantitative estimate of drug-likeness (QED) is 0.589. The summed E-state index contributed by atoms with van der Waals surface area (Å²) in [4.78, 5) is 9.37. The highest BCUT2D eigenvalue weighted by molar-refractivity contribution is 5.89. The van der Waals surface area contributed by atoms with Crippen molar-refractivity contribution in [3.8, 4) is 0 Å². The molecular formula is C28H41N3O. The van der Waals surface area contributed by atoms with E-state index in [-0.39, 0.29) is 6.10 Å². The van der Waals surface area contributed by atoms with Gasteiger partial charge >= 0.3 is 0 Å². The van der Waals surface area contributed by atoms with E-state index in [4.69, 9.17) is 4.99 Å². The van der Waals surface area contributed by atoms with Gasteiger partial charge in [-0.05, 0) is 112 Å². The Labute approximate surface area is 194 Å². The van der Waals surface area contributed by atoms with Gasteiger partial charge in [0.1, 0.15) is 0 Å². The first-order chi connectivity index (χ1) is 15.6. The molecule has 7 atom stereocenters. The van der Waals surface area contributed by atoms with Crippen molar-refractivity contribution in [1.29, 1.82) is 0 Å². The Morgan fingerprint density at radius 2 is 2.12 bits per heavy atom. The van der Waals surface area contributed by atoms with Crippen LogP contribution in [0, 0.1) is 29.6 Å².